The first-order chi connectivity index (χ1) is 10.3. The van der Waals surface area contributed by atoms with Crippen molar-refractivity contribution >= 4 is 17.6 Å². The highest BCUT2D eigenvalue weighted by atomic mass is 32.1. The Morgan fingerprint density at radius 3 is 2.67 bits per heavy atom. The summed E-state index contributed by atoms with van der Waals surface area (Å²) in [6, 6.07) is 7.50. The molecule has 3 aromatic rings. The Bertz CT molecular complexity index is 771. The highest BCUT2D eigenvalue weighted by Gasteiger charge is 2.11. The molecule has 2 aromatic heterocycles. The number of aromatic nitrogens is 2. The fourth-order valence-electron chi connectivity index (χ4n) is 1.76. The van der Waals surface area contributed by atoms with E-state index in [1.807, 2.05) is 0 Å². The Kier molecular flexibility index (Phi) is 3.70. The van der Waals surface area contributed by atoms with Crippen LogP contribution in [0.1, 0.15) is 9.80 Å². The van der Waals surface area contributed by atoms with E-state index in [2.05, 4.69) is 9.97 Å². The van der Waals surface area contributed by atoms with Gasteiger partial charge in [-0.1, -0.05) is 0 Å². The molecule has 0 saturated carbocycles. The van der Waals surface area contributed by atoms with E-state index in [0.717, 1.165) is 10.4 Å². The molecule has 6 heteroatoms. The largest absolute Gasteiger partial charge is 0.455 e. The molecule has 0 aliphatic carbocycles. The molecule has 0 atom stereocenters. The van der Waals surface area contributed by atoms with E-state index in [1.54, 1.807) is 24.7 Å². The van der Waals surface area contributed by atoms with Crippen LogP contribution < -0.4 is 4.74 Å². The molecule has 0 N–H and O–H groups in total. The van der Waals surface area contributed by atoms with Crippen LogP contribution in [0.5, 0.6) is 11.5 Å². The Labute approximate surface area is 123 Å². The van der Waals surface area contributed by atoms with Crippen molar-refractivity contribution in [1.82, 2.24) is 9.97 Å². The number of hydrogen-bond donors (Lipinski definition) is 0. The molecule has 104 valence electrons. The molecule has 1 aromatic carbocycles. The number of pyridine rings is 1. The molecule has 0 saturated heterocycles. The van der Waals surface area contributed by atoms with E-state index in [-0.39, 0.29) is 5.82 Å². The molecule has 0 spiro atoms. The Balaban J connectivity index is 1.95. The van der Waals surface area contributed by atoms with Crippen LogP contribution >= 0.6 is 11.3 Å². The number of rotatable bonds is 4. The highest BCUT2D eigenvalue weighted by Crippen LogP contribution is 2.35. The summed E-state index contributed by atoms with van der Waals surface area (Å²) in [7, 11) is 0. The first kappa shape index (κ1) is 13.4. The van der Waals surface area contributed by atoms with Crippen LogP contribution in [0.4, 0.5) is 4.39 Å². The van der Waals surface area contributed by atoms with Crippen LogP contribution in [0.2, 0.25) is 0 Å². The maximum atomic E-state index is 12.9. The second kappa shape index (κ2) is 5.80. The minimum Gasteiger partial charge on any atom is -0.455 e. The van der Waals surface area contributed by atoms with Crippen LogP contribution in [0, 0.1) is 5.82 Å². The lowest BCUT2D eigenvalue weighted by Gasteiger charge is -2.09. The Hall–Kier alpha value is -2.60. The van der Waals surface area contributed by atoms with Gasteiger partial charge in [0, 0.05) is 18.0 Å². The molecule has 0 aliphatic rings. The van der Waals surface area contributed by atoms with Gasteiger partial charge in [-0.15, -0.1) is 11.3 Å². The van der Waals surface area contributed by atoms with Gasteiger partial charge in [0.05, 0.1) is 11.1 Å². The lowest BCUT2D eigenvalue weighted by atomic mass is 10.2. The zero-order valence-electron chi connectivity index (χ0n) is 10.7. The molecule has 0 radical (unpaired) electrons. The van der Waals surface area contributed by atoms with E-state index in [4.69, 9.17) is 4.74 Å². The topological polar surface area (TPSA) is 52.1 Å². The number of carbonyl (C=O) groups excluding carboxylic acids is 1. The maximum absolute atomic E-state index is 12.9. The molecule has 0 aliphatic heterocycles. The van der Waals surface area contributed by atoms with Crippen LogP contribution in [0.15, 0.2) is 48.9 Å². The summed E-state index contributed by atoms with van der Waals surface area (Å²) >= 11 is 1.27. The van der Waals surface area contributed by atoms with Crippen molar-refractivity contribution in [2.24, 2.45) is 0 Å². The predicted octanol–water partition coefficient (Wildman–Crippen LogP) is 3.95. The van der Waals surface area contributed by atoms with Crippen molar-refractivity contribution in [3.63, 3.8) is 0 Å². The van der Waals surface area contributed by atoms with Crippen molar-refractivity contribution in [3.8, 4) is 21.9 Å². The van der Waals surface area contributed by atoms with Crippen molar-refractivity contribution < 1.29 is 13.9 Å². The first-order valence-corrected chi connectivity index (χ1v) is 6.87. The van der Waals surface area contributed by atoms with Crippen molar-refractivity contribution in [2.45, 2.75) is 0 Å². The third-order valence-electron chi connectivity index (χ3n) is 2.72. The number of thiazole rings is 1. The Morgan fingerprint density at radius 1 is 1.14 bits per heavy atom. The fourth-order valence-corrected chi connectivity index (χ4v) is 2.52. The number of hydrogen-bond acceptors (Lipinski definition) is 5. The normalized spacial score (nSPS) is 10.3. The smallest absolute Gasteiger partial charge is 0.178 e. The molecule has 0 unspecified atom stereocenters. The van der Waals surface area contributed by atoms with Crippen molar-refractivity contribution in [2.75, 3.05) is 0 Å². The molecular formula is C15H9FN2O2S. The number of ether oxygens (including phenoxy) is 1. The summed E-state index contributed by atoms with van der Waals surface area (Å²) in [5.74, 6) is 0.697. The number of nitrogens with zero attached hydrogens (tertiary/aromatic N) is 2. The molecule has 3 rings (SSSR count). The second-order valence-electron chi connectivity index (χ2n) is 4.11. The molecule has 21 heavy (non-hydrogen) atoms. The number of aldehydes is 1. The van der Waals surface area contributed by atoms with Crippen LogP contribution in [-0.4, -0.2) is 16.3 Å². The van der Waals surface area contributed by atoms with Gasteiger partial charge in [0.1, 0.15) is 11.6 Å². The maximum Gasteiger partial charge on any atom is 0.178 e. The summed E-state index contributed by atoms with van der Waals surface area (Å²) in [6.07, 6.45) is 5.52. The van der Waals surface area contributed by atoms with E-state index >= 15 is 0 Å². The van der Waals surface area contributed by atoms with Gasteiger partial charge < -0.3 is 4.74 Å². The third-order valence-corrected chi connectivity index (χ3v) is 3.67. The zero-order valence-corrected chi connectivity index (χ0v) is 11.5. The number of carbonyl (C=O) groups is 1. The lowest BCUT2D eigenvalue weighted by Crippen LogP contribution is -1.88. The standard InChI is InChI=1S/C15H9FN2O2S/c16-10-1-3-11(4-2-10)20-13-7-17-6-5-12(13)14-8-18-15(9-19)21-14/h1-9H. The van der Waals surface area contributed by atoms with Gasteiger partial charge in [0.2, 0.25) is 0 Å². The van der Waals surface area contributed by atoms with Gasteiger partial charge in [-0.2, -0.15) is 0 Å². The second-order valence-corrected chi connectivity index (χ2v) is 5.17. The number of benzene rings is 1. The highest BCUT2D eigenvalue weighted by molar-refractivity contribution is 7.16. The molecular weight excluding hydrogens is 291 g/mol. The SMILES string of the molecule is O=Cc1ncc(-c2ccncc2Oc2ccc(F)cc2)s1. The Morgan fingerprint density at radius 2 is 1.95 bits per heavy atom. The summed E-state index contributed by atoms with van der Waals surface area (Å²) in [6.45, 7) is 0. The van der Waals surface area contributed by atoms with E-state index in [9.17, 15) is 9.18 Å². The van der Waals surface area contributed by atoms with Gasteiger partial charge in [-0.05, 0) is 30.3 Å². The summed E-state index contributed by atoms with van der Waals surface area (Å²) < 4.78 is 18.6. The fraction of sp³-hybridized carbons (Fsp3) is 0. The molecule has 4 nitrogen and oxygen atoms in total. The molecule has 0 fully saturated rings. The van der Waals surface area contributed by atoms with Gasteiger partial charge in [-0.25, -0.2) is 9.37 Å². The quantitative estimate of drug-likeness (QED) is 0.685. The lowest BCUT2D eigenvalue weighted by molar-refractivity contribution is 0.112. The predicted molar refractivity (Wildman–Crippen MR) is 77.2 cm³/mol. The van der Waals surface area contributed by atoms with Crippen LogP contribution in [0.3, 0.4) is 0 Å². The van der Waals surface area contributed by atoms with Crippen LogP contribution in [0.25, 0.3) is 10.4 Å². The van der Waals surface area contributed by atoms with E-state index < -0.39 is 0 Å². The average molecular weight is 300 g/mol. The molecule has 0 amide bonds. The van der Waals surface area contributed by atoms with Gasteiger partial charge in [0.25, 0.3) is 0 Å². The first-order valence-electron chi connectivity index (χ1n) is 6.05. The van der Waals surface area contributed by atoms with Crippen molar-refractivity contribution in [3.05, 3.63) is 59.7 Å². The summed E-state index contributed by atoms with van der Waals surface area (Å²) in [4.78, 5) is 19.6. The molecule has 0 bridgehead atoms. The zero-order chi connectivity index (χ0) is 14.7. The van der Waals surface area contributed by atoms with Gasteiger partial charge in [-0.3, -0.25) is 9.78 Å². The number of halogens is 1. The minimum atomic E-state index is -0.327. The summed E-state index contributed by atoms with van der Waals surface area (Å²) in [5.41, 5.74) is 0.778. The van der Waals surface area contributed by atoms with Gasteiger partial charge in [0.15, 0.2) is 17.0 Å². The summed E-state index contributed by atoms with van der Waals surface area (Å²) in [5, 5.41) is 0.398. The van der Waals surface area contributed by atoms with Crippen molar-refractivity contribution in [1.29, 1.82) is 0 Å². The van der Waals surface area contributed by atoms with Gasteiger partial charge >= 0.3 is 0 Å². The van der Waals surface area contributed by atoms with Crippen LogP contribution in [-0.2, 0) is 0 Å². The van der Waals surface area contributed by atoms with E-state index in [0.29, 0.717) is 22.8 Å². The minimum absolute atomic E-state index is 0.327. The molecule has 2 heterocycles. The monoisotopic (exact) mass is 300 g/mol. The third kappa shape index (κ3) is 2.95. The average Bonchev–Trinajstić information content (AvgIpc) is 2.99. The van der Waals surface area contributed by atoms with E-state index in [1.165, 1.54) is 35.6 Å².